The van der Waals surface area contributed by atoms with Gasteiger partial charge >= 0.3 is 0 Å². The molecule has 2 fully saturated rings. The van der Waals surface area contributed by atoms with Crippen molar-refractivity contribution >= 4 is 17.6 Å². The SMILES string of the molecule is CC1(N)CCCCC1C(=O)NCCC(=O)N1CCN(c2ccccn2)CC1. The van der Waals surface area contributed by atoms with Crippen molar-refractivity contribution in [3.05, 3.63) is 24.4 Å². The van der Waals surface area contributed by atoms with Gasteiger partial charge in [-0.3, -0.25) is 9.59 Å². The maximum Gasteiger partial charge on any atom is 0.224 e. The average molecular weight is 374 g/mol. The number of carbonyl (C=O) groups excluding carboxylic acids is 2. The lowest BCUT2D eigenvalue weighted by Gasteiger charge is -2.37. The molecule has 2 aliphatic rings. The second-order valence-electron chi connectivity index (χ2n) is 7.90. The smallest absolute Gasteiger partial charge is 0.224 e. The van der Waals surface area contributed by atoms with Crippen LogP contribution in [0.15, 0.2) is 24.4 Å². The largest absolute Gasteiger partial charge is 0.355 e. The van der Waals surface area contributed by atoms with Gasteiger partial charge in [0, 0.05) is 50.9 Å². The number of anilines is 1. The van der Waals surface area contributed by atoms with Crippen molar-refractivity contribution in [1.82, 2.24) is 15.2 Å². The lowest BCUT2D eigenvalue weighted by molar-refractivity contribution is -0.131. The zero-order chi connectivity index (χ0) is 19.3. The average Bonchev–Trinajstić information content (AvgIpc) is 2.68. The monoisotopic (exact) mass is 373 g/mol. The topological polar surface area (TPSA) is 91.6 Å². The Hall–Kier alpha value is -2.15. The fourth-order valence-electron chi connectivity index (χ4n) is 4.09. The number of aromatic nitrogens is 1. The van der Waals surface area contributed by atoms with Crippen LogP contribution >= 0.6 is 0 Å². The van der Waals surface area contributed by atoms with Crippen molar-refractivity contribution in [1.29, 1.82) is 0 Å². The van der Waals surface area contributed by atoms with Crippen molar-refractivity contribution in [2.45, 2.75) is 44.6 Å². The lowest BCUT2D eigenvalue weighted by Crippen LogP contribution is -2.53. The summed E-state index contributed by atoms with van der Waals surface area (Å²) in [7, 11) is 0. The summed E-state index contributed by atoms with van der Waals surface area (Å²) < 4.78 is 0. The van der Waals surface area contributed by atoms with Crippen LogP contribution in [-0.2, 0) is 9.59 Å². The van der Waals surface area contributed by atoms with Gasteiger partial charge in [-0.2, -0.15) is 0 Å². The highest BCUT2D eigenvalue weighted by Crippen LogP contribution is 2.31. The van der Waals surface area contributed by atoms with Gasteiger partial charge in [0.05, 0.1) is 5.92 Å². The van der Waals surface area contributed by atoms with Gasteiger partial charge in [-0.15, -0.1) is 0 Å². The summed E-state index contributed by atoms with van der Waals surface area (Å²) in [5, 5.41) is 2.93. The van der Waals surface area contributed by atoms with Gasteiger partial charge in [-0.1, -0.05) is 18.9 Å². The van der Waals surface area contributed by atoms with Crippen LogP contribution in [0.4, 0.5) is 5.82 Å². The molecule has 0 radical (unpaired) electrons. The van der Waals surface area contributed by atoms with Crippen LogP contribution in [0.5, 0.6) is 0 Å². The molecule has 0 spiro atoms. The Morgan fingerprint density at radius 3 is 2.70 bits per heavy atom. The normalized spacial score (nSPS) is 25.9. The van der Waals surface area contributed by atoms with Crippen LogP contribution < -0.4 is 16.0 Å². The molecular weight excluding hydrogens is 342 g/mol. The van der Waals surface area contributed by atoms with E-state index >= 15 is 0 Å². The third kappa shape index (κ3) is 4.97. The minimum absolute atomic E-state index is 0.00697. The number of piperazine rings is 1. The maximum absolute atomic E-state index is 12.4. The Balaban J connectivity index is 1.39. The molecule has 2 amide bonds. The Labute approximate surface area is 161 Å². The molecule has 7 nitrogen and oxygen atoms in total. The van der Waals surface area contributed by atoms with Gasteiger partial charge in [0.25, 0.3) is 0 Å². The van der Waals surface area contributed by atoms with Crippen molar-refractivity contribution in [3.8, 4) is 0 Å². The Kier molecular flexibility index (Phi) is 6.31. The Bertz CT molecular complexity index is 641. The molecule has 3 rings (SSSR count). The predicted molar refractivity (Wildman–Crippen MR) is 105 cm³/mol. The first-order valence-electron chi connectivity index (χ1n) is 9.98. The molecule has 27 heavy (non-hydrogen) atoms. The fraction of sp³-hybridized carbons (Fsp3) is 0.650. The number of pyridine rings is 1. The molecule has 0 bridgehead atoms. The maximum atomic E-state index is 12.4. The fourth-order valence-corrected chi connectivity index (χ4v) is 4.09. The van der Waals surface area contributed by atoms with Crippen molar-refractivity contribution in [2.75, 3.05) is 37.6 Å². The number of nitrogens with zero attached hydrogens (tertiary/aromatic N) is 3. The molecular formula is C20H31N5O2. The van der Waals surface area contributed by atoms with Crippen LogP contribution in [0.3, 0.4) is 0 Å². The van der Waals surface area contributed by atoms with Crippen LogP contribution in [0.2, 0.25) is 0 Å². The van der Waals surface area contributed by atoms with Crippen LogP contribution in [-0.4, -0.2) is 60.0 Å². The van der Waals surface area contributed by atoms with E-state index in [1.54, 1.807) is 6.20 Å². The number of carbonyl (C=O) groups is 2. The van der Waals surface area contributed by atoms with Gasteiger partial charge in [0.1, 0.15) is 5.82 Å². The van der Waals surface area contributed by atoms with Gasteiger partial charge in [0.15, 0.2) is 0 Å². The Morgan fingerprint density at radius 1 is 1.26 bits per heavy atom. The van der Waals surface area contributed by atoms with Gasteiger partial charge in [-0.05, 0) is 31.9 Å². The molecule has 1 aromatic rings. The molecule has 0 aromatic carbocycles. The van der Waals surface area contributed by atoms with E-state index in [4.69, 9.17) is 5.73 Å². The highest BCUT2D eigenvalue weighted by atomic mass is 16.2. The zero-order valence-electron chi connectivity index (χ0n) is 16.2. The molecule has 1 aliphatic carbocycles. The van der Waals surface area contributed by atoms with Crippen molar-refractivity contribution in [3.63, 3.8) is 0 Å². The molecule has 2 atom stereocenters. The highest BCUT2D eigenvalue weighted by molar-refractivity contribution is 5.81. The van der Waals surface area contributed by atoms with Crippen molar-refractivity contribution in [2.24, 2.45) is 11.7 Å². The van der Waals surface area contributed by atoms with Gasteiger partial charge in [-0.25, -0.2) is 4.98 Å². The van der Waals surface area contributed by atoms with Crippen LogP contribution in [0.1, 0.15) is 39.0 Å². The summed E-state index contributed by atoms with van der Waals surface area (Å²) in [5.74, 6) is 0.889. The van der Waals surface area contributed by atoms with E-state index in [0.29, 0.717) is 26.1 Å². The third-order valence-electron chi connectivity index (χ3n) is 5.81. The standard InChI is InChI=1S/C20H31N5O2/c1-20(21)9-4-2-6-16(20)19(27)23-11-8-18(26)25-14-12-24(13-15-25)17-7-3-5-10-22-17/h3,5,7,10,16H,2,4,6,8-9,11-15,21H2,1H3,(H,23,27). The molecule has 7 heteroatoms. The second kappa shape index (κ2) is 8.69. The van der Waals surface area contributed by atoms with E-state index < -0.39 is 5.54 Å². The lowest BCUT2D eigenvalue weighted by atomic mass is 9.74. The van der Waals surface area contributed by atoms with Gasteiger partial charge < -0.3 is 20.9 Å². The minimum atomic E-state index is -0.436. The van der Waals surface area contributed by atoms with Crippen LogP contribution in [0, 0.1) is 5.92 Å². The molecule has 148 valence electrons. The molecule has 1 saturated carbocycles. The van der Waals surface area contributed by atoms with Crippen LogP contribution in [0.25, 0.3) is 0 Å². The Morgan fingerprint density at radius 2 is 2.04 bits per heavy atom. The van der Waals surface area contributed by atoms with E-state index in [1.807, 2.05) is 30.0 Å². The van der Waals surface area contributed by atoms with E-state index in [9.17, 15) is 9.59 Å². The second-order valence-corrected chi connectivity index (χ2v) is 7.90. The molecule has 2 unspecified atom stereocenters. The highest BCUT2D eigenvalue weighted by Gasteiger charge is 2.37. The molecule has 2 heterocycles. The molecule has 1 aliphatic heterocycles. The summed E-state index contributed by atoms with van der Waals surface area (Å²) in [4.78, 5) is 33.3. The minimum Gasteiger partial charge on any atom is -0.355 e. The first-order valence-corrected chi connectivity index (χ1v) is 9.98. The van der Waals surface area contributed by atoms with E-state index in [2.05, 4.69) is 15.2 Å². The number of nitrogens with two attached hydrogens (primary N) is 1. The van der Waals surface area contributed by atoms with E-state index in [1.165, 1.54) is 0 Å². The number of hydrogen-bond acceptors (Lipinski definition) is 5. The third-order valence-corrected chi connectivity index (χ3v) is 5.81. The quantitative estimate of drug-likeness (QED) is 0.808. The number of rotatable bonds is 5. The van der Waals surface area contributed by atoms with E-state index in [-0.39, 0.29) is 17.7 Å². The number of nitrogens with one attached hydrogen (secondary N) is 1. The predicted octanol–water partition coefficient (Wildman–Crippen LogP) is 1.14. The summed E-state index contributed by atoms with van der Waals surface area (Å²) >= 11 is 0. The summed E-state index contributed by atoms with van der Waals surface area (Å²) in [6.45, 7) is 5.28. The number of amides is 2. The first-order chi connectivity index (χ1) is 13.0. The van der Waals surface area contributed by atoms with Gasteiger partial charge in [0.2, 0.25) is 11.8 Å². The zero-order valence-corrected chi connectivity index (χ0v) is 16.2. The first kappa shape index (κ1) is 19.6. The molecule has 1 aromatic heterocycles. The van der Waals surface area contributed by atoms with E-state index in [0.717, 1.165) is 44.6 Å². The summed E-state index contributed by atoms with van der Waals surface area (Å²) in [5.41, 5.74) is 5.85. The molecule has 1 saturated heterocycles. The van der Waals surface area contributed by atoms with Crippen molar-refractivity contribution < 1.29 is 9.59 Å². The summed E-state index contributed by atoms with van der Waals surface area (Å²) in [6, 6.07) is 5.86. The molecule has 3 N–H and O–H groups in total. The number of hydrogen-bond donors (Lipinski definition) is 2. The summed E-state index contributed by atoms with van der Waals surface area (Å²) in [6.07, 6.45) is 5.97.